The van der Waals surface area contributed by atoms with Crippen molar-refractivity contribution >= 4 is 5.91 Å². The fraction of sp³-hybridized carbons (Fsp3) is 0.943. The Morgan fingerprint density at radius 2 is 0.623 bits per heavy atom. The molecule has 17 unspecified atom stereocenters. The van der Waals surface area contributed by atoms with E-state index in [1.807, 2.05) is 0 Å². The second kappa shape index (κ2) is 67.7. The number of hydrogen-bond acceptors (Lipinski definition) is 18. The molecular formula is C87H165NO18. The first kappa shape index (κ1) is 98.5. The summed E-state index contributed by atoms with van der Waals surface area (Å²) in [5, 5.41) is 121. The maximum Gasteiger partial charge on any atom is 0.220 e. The van der Waals surface area contributed by atoms with Crippen LogP contribution in [-0.2, 0) is 33.2 Å². The summed E-state index contributed by atoms with van der Waals surface area (Å²) in [7, 11) is 0. The largest absolute Gasteiger partial charge is 0.394 e. The van der Waals surface area contributed by atoms with Crippen molar-refractivity contribution in [1.82, 2.24) is 5.32 Å². The van der Waals surface area contributed by atoms with Crippen LogP contribution >= 0.6 is 0 Å². The molecular weight excluding hydrogens is 1350 g/mol. The number of hydrogen-bond donors (Lipinski definition) is 12. The maximum absolute atomic E-state index is 13.5. The molecule has 3 rings (SSSR count). The van der Waals surface area contributed by atoms with E-state index in [0.717, 1.165) is 51.4 Å². The van der Waals surface area contributed by atoms with Gasteiger partial charge >= 0.3 is 0 Å². The Balaban J connectivity index is 1.33. The van der Waals surface area contributed by atoms with Gasteiger partial charge in [-0.15, -0.1) is 0 Å². The topological polar surface area (TPSA) is 307 Å². The molecule has 106 heavy (non-hydrogen) atoms. The standard InChI is InChI=1S/C87H165NO18/c1-3-5-7-9-11-13-15-17-19-21-23-25-27-29-31-33-34-35-37-38-40-42-44-46-48-50-52-54-56-58-60-62-64-71(92)70(88-75(93)65-63-61-59-57-55-53-51-49-47-45-43-41-39-36-32-30-28-26-24-22-20-18-16-14-12-10-8-6-4-2)69-101-85-81(99)78(96)83(73(67-90)103-85)106-87-82(100)79(97)84(74(68-91)104-87)105-86-80(98)77(95)76(94)72(66-89)102-86/h16,18,22,24,70-74,76-87,89-92,94-100H,3-15,17,19-21,23,25-69H2,1-2H3,(H,88,93)/b18-16-,24-22-. The van der Waals surface area contributed by atoms with Gasteiger partial charge in [0.25, 0.3) is 0 Å². The molecule has 17 atom stereocenters. The SMILES string of the molecule is CCCCCCC/C=C\C/C=C\CCCCCCCCCCCCCCCCCCCC(=O)NC(COC1OC(CO)C(OC2OC(CO)C(OC3OC(CO)C(O)C(O)C3O)C(O)C2O)C(O)C1O)C(O)CCCCCCCCCCCCCCCCCCCCCCCCCCCCCCCCCC. The first-order valence-corrected chi connectivity index (χ1v) is 44.6. The molecule has 0 bridgehead atoms. The Labute approximate surface area is 645 Å². The third-order valence-corrected chi connectivity index (χ3v) is 22.5. The minimum absolute atomic E-state index is 0.235. The summed E-state index contributed by atoms with van der Waals surface area (Å²) >= 11 is 0. The molecule has 0 saturated carbocycles. The molecule has 1 amide bonds. The summed E-state index contributed by atoms with van der Waals surface area (Å²) in [4.78, 5) is 13.5. The lowest BCUT2D eigenvalue weighted by Gasteiger charge is -2.48. The summed E-state index contributed by atoms with van der Waals surface area (Å²) in [6, 6.07) is -0.888. The molecule has 0 aliphatic carbocycles. The van der Waals surface area contributed by atoms with Crippen LogP contribution in [0.4, 0.5) is 0 Å². The van der Waals surface area contributed by atoms with Crippen molar-refractivity contribution in [2.45, 2.75) is 497 Å². The molecule has 3 saturated heterocycles. The van der Waals surface area contributed by atoms with Crippen molar-refractivity contribution in [3.05, 3.63) is 24.3 Å². The lowest BCUT2D eigenvalue weighted by molar-refractivity contribution is -0.379. The first-order chi connectivity index (χ1) is 51.8. The average Bonchev–Trinajstić information content (AvgIpc) is 0.781. The number of ether oxygens (including phenoxy) is 6. The lowest BCUT2D eigenvalue weighted by Crippen LogP contribution is -2.66. The molecule has 19 nitrogen and oxygen atoms in total. The zero-order chi connectivity index (χ0) is 76.7. The van der Waals surface area contributed by atoms with Crippen LogP contribution in [0.25, 0.3) is 0 Å². The maximum atomic E-state index is 13.5. The van der Waals surface area contributed by atoms with E-state index in [1.165, 1.54) is 308 Å². The van der Waals surface area contributed by atoms with Crippen LogP contribution in [0, 0.1) is 0 Å². The monoisotopic (exact) mass is 1510 g/mol. The van der Waals surface area contributed by atoms with Crippen molar-refractivity contribution in [3.63, 3.8) is 0 Å². The highest BCUT2D eigenvalue weighted by atomic mass is 16.8. The predicted molar refractivity (Wildman–Crippen MR) is 425 cm³/mol. The Hall–Kier alpha value is -1.73. The van der Waals surface area contributed by atoms with E-state index in [9.17, 15) is 61.0 Å². The summed E-state index contributed by atoms with van der Waals surface area (Å²) < 4.78 is 34.6. The van der Waals surface area contributed by atoms with Gasteiger partial charge in [-0.2, -0.15) is 0 Å². The fourth-order valence-electron chi connectivity index (χ4n) is 15.4. The van der Waals surface area contributed by atoms with Crippen molar-refractivity contribution in [3.8, 4) is 0 Å². The molecule has 3 heterocycles. The van der Waals surface area contributed by atoms with Gasteiger partial charge in [-0.25, -0.2) is 0 Å². The number of unbranched alkanes of at least 4 members (excludes halogenated alkanes) is 53. The van der Waals surface area contributed by atoms with E-state index in [0.29, 0.717) is 12.8 Å². The molecule has 0 aromatic carbocycles. The van der Waals surface area contributed by atoms with E-state index in [-0.39, 0.29) is 18.9 Å². The summed E-state index contributed by atoms with van der Waals surface area (Å²) in [5.41, 5.74) is 0. The lowest BCUT2D eigenvalue weighted by atomic mass is 9.96. The first-order valence-electron chi connectivity index (χ1n) is 44.6. The van der Waals surface area contributed by atoms with Crippen molar-refractivity contribution < 1.29 is 89.4 Å². The van der Waals surface area contributed by atoms with Gasteiger partial charge in [0, 0.05) is 6.42 Å². The quantitative estimate of drug-likeness (QED) is 0.0199. The molecule has 3 aliphatic heterocycles. The highest BCUT2D eigenvalue weighted by molar-refractivity contribution is 5.76. The van der Waals surface area contributed by atoms with Gasteiger partial charge < -0.3 is 89.9 Å². The summed E-state index contributed by atoms with van der Waals surface area (Å²) in [5.74, 6) is -0.235. The number of aliphatic hydroxyl groups excluding tert-OH is 11. The van der Waals surface area contributed by atoms with E-state index < -0.39 is 124 Å². The van der Waals surface area contributed by atoms with E-state index in [2.05, 4.69) is 43.5 Å². The molecule has 3 fully saturated rings. The Bertz CT molecular complexity index is 2000. The predicted octanol–water partition coefficient (Wildman–Crippen LogP) is 16.5. The van der Waals surface area contributed by atoms with Gasteiger partial charge in [0.2, 0.25) is 5.91 Å². The number of carbonyl (C=O) groups is 1. The van der Waals surface area contributed by atoms with Crippen LogP contribution in [0.1, 0.15) is 393 Å². The highest BCUT2D eigenvalue weighted by Crippen LogP contribution is 2.34. The smallest absolute Gasteiger partial charge is 0.220 e. The second-order valence-corrected chi connectivity index (χ2v) is 32.1. The average molecular weight is 1510 g/mol. The van der Waals surface area contributed by atoms with Crippen LogP contribution < -0.4 is 5.32 Å². The van der Waals surface area contributed by atoms with E-state index >= 15 is 0 Å². The molecule has 0 spiro atoms. The third kappa shape index (κ3) is 46.4. The van der Waals surface area contributed by atoms with Crippen LogP contribution in [0.5, 0.6) is 0 Å². The molecule has 12 N–H and O–H groups in total. The van der Waals surface area contributed by atoms with Gasteiger partial charge in [0.15, 0.2) is 18.9 Å². The molecule has 0 radical (unpaired) electrons. The summed E-state index contributed by atoms with van der Waals surface area (Å²) in [6.07, 6.45) is 57.1. The Kier molecular flexibility index (Phi) is 62.9. The summed E-state index contributed by atoms with van der Waals surface area (Å²) in [6.45, 7) is 1.86. The molecule has 3 aliphatic rings. The molecule has 626 valence electrons. The Morgan fingerprint density at radius 3 is 0.962 bits per heavy atom. The Morgan fingerprint density at radius 1 is 0.340 bits per heavy atom. The highest BCUT2D eigenvalue weighted by Gasteiger charge is 2.54. The van der Waals surface area contributed by atoms with Crippen LogP contribution in [0.2, 0.25) is 0 Å². The minimum Gasteiger partial charge on any atom is -0.394 e. The van der Waals surface area contributed by atoms with Crippen LogP contribution in [-0.4, -0.2) is 193 Å². The van der Waals surface area contributed by atoms with Gasteiger partial charge in [-0.1, -0.05) is 366 Å². The van der Waals surface area contributed by atoms with Crippen LogP contribution in [0.15, 0.2) is 24.3 Å². The normalized spacial score (nSPS) is 25.7. The number of aliphatic hydroxyl groups is 11. The van der Waals surface area contributed by atoms with Gasteiger partial charge in [-0.05, 0) is 44.9 Å². The van der Waals surface area contributed by atoms with Gasteiger partial charge in [0.1, 0.15) is 73.2 Å². The van der Waals surface area contributed by atoms with Crippen LogP contribution in [0.3, 0.4) is 0 Å². The van der Waals surface area contributed by atoms with Gasteiger partial charge in [-0.3, -0.25) is 4.79 Å². The molecule has 0 aromatic heterocycles. The zero-order valence-corrected chi connectivity index (χ0v) is 67.4. The van der Waals surface area contributed by atoms with E-state index in [1.54, 1.807) is 0 Å². The van der Waals surface area contributed by atoms with E-state index in [4.69, 9.17) is 28.4 Å². The van der Waals surface area contributed by atoms with Crippen molar-refractivity contribution in [2.75, 3.05) is 26.4 Å². The second-order valence-electron chi connectivity index (χ2n) is 32.1. The minimum atomic E-state index is -1.97. The number of rotatable bonds is 73. The van der Waals surface area contributed by atoms with Gasteiger partial charge in [0.05, 0.1) is 38.6 Å². The number of amides is 1. The number of allylic oxidation sites excluding steroid dienone is 4. The van der Waals surface area contributed by atoms with Crippen molar-refractivity contribution in [1.29, 1.82) is 0 Å². The zero-order valence-electron chi connectivity index (χ0n) is 67.4. The third-order valence-electron chi connectivity index (χ3n) is 22.5. The fourth-order valence-corrected chi connectivity index (χ4v) is 15.4. The molecule has 0 aromatic rings. The number of carbonyl (C=O) groups excluding carboxylic acids is 1. The molecule has 19 heteroatoms. The van der Waals surface area contributed by atoms with Crippen molar-refractivity contribution in [2.24, 2.45) is 0 Å². The number of nitrogens with one attached hydrogen (secondary N) is 1.